The van der Waals surface area contributed by atoms with E-state index in [9.17, 15) is 0 Å². The molecule has 1 heterocycles. The lowest BCUT2D eigenvalue weighted by molar-refractivity contribution is 1.14. The Morgan fingerprint density at radius 2 is 2.11 bits per heavy atom. The molecule has 2 N–H and O–H groups in total. The Balaban J connectivity index is 2.18. The van der Waals surface area contributed by atoms with E-state index < -0.39 is 0 Å². The monoisotopic (exact) mass is 254 g/mol. The quantitative estimate of drug-likeness (QED) is 0.802. The Morgan fingerprint density at radius 3 is 2.89 bits per heavy atom. The highest BCUT2D eigenvalue weighted by atomic mass is 15.1. The molecule has 0 atom stereocenters. The molecule has 0 bridgehead atoms. The minimum absolute atomic E-state index is 0.586. The lowest BCUT2D eigenvalue weighted by atomic mass is 10.1. The van der Waals surface area contributed by atoms with Crippen molar-refractivity contribution in [3.63, 3.8) is 0 Å². The fraction of sp³-hybridized carbons (Fsp3) is 0.200. The zero-order valence-corrected chi connectivity index (χ0v) is 11.3. The van der Waals surface area contributed by atoms with Gasteiger partial charge in [0.1, 0.15) is 5.82 Å². The van der Waals surface area contributed by atoms with Crippen LogP contribution >= 0.6 is 0 Å². The topological polar surface area (TPSA) is 49.8 Å². The summed E-state index contributed by atoms with van der Waals surface area (Å²) in [5, 5.41) is 6.38. The third kappa shape index (κ3) is 3.31. The lowest BCUT2D eigenvalue weighted by Gasteiger charge is -2.11. The van der Waals surface area contributed by atoms with E-state index in [0.29, 0.717) is 12.5 Å². The van der Waals surface area contributed by atoms with Gasteiger partial charge in [-0.2, -0.15) is 4.98 Å². The van der Waals surface area contributed by atoms with Crippen molar-refractivity contribution < 1.29 is 0 Å². The lowest BCUT2D eigenvalue weighted by Crippen LogP contribution is -2.04. The normalized spacial score (nSPS) is 10.0. The predicted octanol–water partition coefficient (Wildman–Crippen LogP) is 3.43. The molecule has 19 heavy (non-hydrogen) atoms. The van der Waals surface area contributed by atoms with Crippen LogP contribution in [0.4, 0.5) is 17.5 Å². The van der Waals surface area contributed by atoms with Crippen LogP contribution in [0.2, 0.25) is 0 Å². The average molecular weight is 254 g/mol. The first-order chi connectivity index (χ1) is 9.20. The van der Waals surface area contributed by atoms with E-state index in [1.807, 2.05) is 18.2 Å². The van der Waals surface area contributed by atoms with Crippen LogP contribution in [0.5, 0.6) is 0 Å². The van der Waals surface area contributed by atoms with Crippen LogP contribution in [0.25, 0.3) is 0 Å². The van der Waals surface area contributed by atoms with Gasteiger partial charge < -0.3 is 10.6 Å². The van der Waals surface area contributed by atoms with Crippen LogP contribution in [-0.2, 0) is 0 Å². The van der Waals surface area contributed by atoms with Crippen molar-refractivity contribution in [2.24, 2.45) is 0 Å². The Morgan fingerprint density at radius 1 is 1.26 bits per heavy atom. The van der Waals surface area contributed by atoms with Gasteiger partial charge in [0.25, 0.3) is 0 Å². The first-order valence-corrected chi connectivity index (χ1v) is 6.22. The SMILES string of the molecule is C=CCNc1ccnc(Nc2cccc(C)c2C)n1. The highest BCUT2D eigenvalue weighted by Crippen LogP contribution is 2.21. The molecule has 0 saturated heterocycles. The van der Waals surface area contributed by atoms with Crippen molar-refractivity contribution in [2.75, 3.05) is 17.2 Å². The van der Waals surface area contributed by atoms with Crippen LogP contribution < -0.4 is 10.6 Å². The Labute approximate surface area is 113 Å². The summed E-state index contributed by atoms with van der Waals surface area (Å²) in [6.45, 7) is 8.51. The number of aryl methyl sites for hydroxylation is 1. The summed E-state index contributed by atoms with van der Waals surface area (Å²) in [5.41, 5.74) is 3.47. The molecule has 0 aliphatic rings. The van der Waals surface area contributed by atoms with Gasteiger partial charge in [-0.1, -0.05) is 18.2 Å². The summed E-state index contributed by atoms with van der Waals surface area (Å²) in [5.74, 6) is 1.37. The first-order valence-electron chi connectivity index (χ1n) is 6.22. The van der Waals surface area contributed by atoms with Crippen LogP contribution in [0, 0.1) is 13.8 Å². The molecule has 0 spiro atoms. The molecular formula is C15H18N4. The number of rotatable bonds is 5. The van der Waals surface area contributed by atoms with Crippen molar-refractivity contribution in [1.29, 1.82) is 0 Å². The summed E-state index contributed by atoms with van der Waals surface area (Å²) in [6.07, 6.45) is 3.52. The third-order valence-electron chi connectivity index (χ3n) is 2.93. The largest absolute Gasteiger partial charge is 0.366 e. The fourth-order valence-electron chi connectivity index (χ4n) is 1.70. The van der Waals surface area contributed by atoms with E-state index in [-0.39, 0.29) is 0 Å². The molecule has 0 aliphatic heterocycles. The molecule has 1 aromatic heterocycles. The number of nitrogens with zero attached hydrogens (tertiary/aromatic N) is 2. The molecule has 0 unspecified atom stereocenters. The molecule has 0 saturated carbocycles. The maximum Gasteiger partial charge on any atom is 0.229 e. The van der Waals surface area contributed by atoms with E-state index in [4.69, 9.17) is 0 Å². The van der Waals surface area contributed by atoms with Crippen molar-refractivity contribution >= 4 is 17.5 Å². The Kier molecular flexibility index (Phi) is 4.13. The van der Waals surface area contributed by atoms with E-state index in [1.165, 1.54) is 11.1 Å². The van der Waals surface area contributed by atoms with Crippen molar-refractivity contribution in [3.05, 3.63) is 54.2 Å². The minimum atomic E-state index is 0.586. The van der Waals surface area contributed by atoms with Crippen LogP contribution in [0.3, 0.4) is 0 Å². The Bertz CT molecular complexity index is 578. The van der Waals surface area contributed by atoms with Crippen LogP contribution in [0.1, 0.15) is 11.1 Å². The van der Waals surface area contributed by atoms with E-state index >= 15 is 0 Å². The van der Waals surface area contributed by atoms with Gasteiger partial charge in [0.2, 0.25) is 5.95 Å². The summed E-state index contributed by atoms with van der Waals surface area (Å²) in [6, 6.07) is 7.96. The van der Waals surface area contributed by atoms with Crippen molar-refractivity contribution in [2.45, 2.75) is 13.8 Å². The van der Waals surface area contributed by atoms with Gasteiger partial charge >= 0.3 is 0 Å². The van der Waals surface area contributed by atoms with E-state index in [2.05, 4.69) is 47.1 Å². The number of aromatic nitrogens is 2. The van der Waals surface area contributed by atoms with E-state index in [0.717, 1.165) is 11.5 Å². The van der Waals surface area contributed by atoms with Gasteiger partial charge in [-0.05, 0) is 37.1 Å². The molecule has 0 radical (unpaired) electrons. The second-order valence-corrected chi connectivity index (χ2v) is 4.31. The summed E-state index contributed by atoms with van der Waals surface area (Å²) < 4.78 is 0. The second kappa shape index (κ2) is 6.00. The average Bonchev–Trinajstić information content (AvgIpc) is 2.42. The van der Waals surface area contributed by atoms with Gasteiger partial charge in [-0.25, -0.2) is 4.98 Å². The molecular weight excluding hydrogens is 236 g/mol. The smallest absolute Gasteiger partial charge is 0.229 e. The number of benzene rings is 1. The molecule has 2 rings (SSSR count). The zero-order chi connectivity index (χ0) is 13.7. The van der Waals surface area contributed by atoms with Gasteiger partial charge in [0.15, 0.2) is 0 Å². The molecule has 1 aromatic carbocycles. The first kappa shape index (κ1) is 13.1. The van der Waals surface area contributed by atoms with Gasteiger partial charge in [0, 0.05) is 18.4 Å². The highest BCUT2D eigenvalue weighted by Gasteiger charge is 2.03. The fourth-order valence-corrected chi connectivity index (χ4v) is 1.70. The van der Waals surface area contributed by atoms with Crippen molar-refractivity contribution in [3.8, 4) is 0 Å². The summed E-state index contributed by atoms with van der Waals surface area (Å²) >= 11 is 0. The highest BCUT2D eigenvalue weighted by molar-refractivity contribution is 5.60. The predicted molar refractivity (Wildman–Crippen MR) is 79.9 cm³/mol. The summed E-state index contributed by atoms with van der Waals surface area (Å²) in [4.78, 5) is 8.62. The van der Waals surface area contributed by atoms with Gasteiger partial charge in [-0.3, -0.25) is 0 Å². The van der Waals surface area contributed by atoms with Gasteiger partial charge in [0.05, 0.1) is 0 Å². The van der Waals surface area contributed by atoms with Crippen LogP contribution in [0.15, 0.2) is 43.1 Å². The van der Waals surface area contributed by atoms with Crippen LogP contribution in [-0.4, -0.2) is 16.5 Å². The molecule has 4 heteroatoms. The maximum atomic E-state index is 4.40. The standard InChI is InChI=1S/C15H18N4/c1-4-9-16-14-8-10-17-15(19-14)18-13-7-5-6-11(2)12(13)3/h4-8,10H,1,9H2,2-3H3,(H2,16,17,18,19). The maximum absolute atomic E-state index is 4.40. The second-order valence-electron chi connectivity index (χ2n) is 4.31. The Hall–Kier alpha value is -2.36. The number of nitrogens with one attached hydrogen (secondary N) is 2. The summed E-state index contributed by atoms with van der Waals surface area (Å²) in [7, 11) is 0. The molecule has 98 valence electrons. The minimum Gasteiger partial charge on any atom is -0.366 e. The number of hydrogen-bond acceptors (Lipinski definition) is 4. The third-order valence-corrected chi connectivity index (χ3v) is 2.93. The molecule has 2 aromatic rings. The van der Waals surface area contributed by atoms with Gasteiger partial charge in [-0.15, -0.1) is 6.58 Å². The zero-order valence-electron chi connectivity index (χ0n) is 11.3. The number of hydrogen-bond donors (Lipinski definition) is 2. The molecule has 4 nitrogen and oxygen atoms in total. The van der Waals surface area contributed by atoms with Crippen molar-refractivity contribution in [1.82, 2.24) is 9.97 Å². The molecule has 0 amide bonds. The van der Waals surface area contributed by atoms with E-state index in [1.54, 1.807) is 12.3 Å². The number of anilines is 3. The molecule has 0 aliphatic carbocycles. The molecule has 0 fully saturated rings.